The average Bonchev–Trinajstić information content (AvgIpc) is 3.64. The fourth-order valence-corrected chi connectivity index (χ4v) is 4.92. The van der Waals surface area contributed by atoms with Gasteiger partial charge >= 0.3 is 23.1 Å². The van der Waals surface area contributed by atoms with E-state index in [2.05, 4.69) is 82.3 Å². The maximum absolute atomic E-state index is 10.8. The molecule has 2 aliphatic carbocycles. The molecule has 4 heteroatoms. The number of hydrogen-bond donors (Lipinski definition) is 1. The van der Waals surface area contributed by atoms with Crippen LogP contribution in [0.2, 0.25) is 0 Å². The number of benzene rings is 2. The molecule has 2 nitrogen and oxygen atoms in total. The molecule has 172 valence electrons. The topological polar surface area (TPSA) is 37.3 Å². The molecule has 2 aromatic rings. The summed E-state index contributed by atoms with van der Waals surface area (Å²) in [7, 11) is 0. The predicted octanol–water partition coefficient (Wildman–Crippen LogP) is 3.29. The smallest absolute Gasteiger partial charge is 1.00 e. The Kier molecular flexibility index (Phi) is 12.4. The van der Waals surface area contributed by atoms with Crippen LogP contribution in [0.5, 0.6) is 0 Å². The summed E-state index contributed by atoms with van der Waals surface area (Å²) in [5, 5.41) is 9.72. The summed E-state index contributed by atoms with van der Waals surface area (Å²) in [6, 6.07) is 21.1. The van der Waals surface area contributed by atoms with E-state index in [0.29, 0.717) is 23.7 Å². The summed E-state index contributed by atoms with van der Waals surface area (Å²) in [5.41, 5.74) is 2.85. The monoisotopic (exact) mass is 510 g/mol. The zero-order valence-electron chi connectivity index (χ0n) is 20.6. The van der Waals surface area contributed by atoms with E-state index in [1.807, 2.05) is 13.0 Å². The molecule has 32 heavy (non-hydrogen) atoms. The van der Waals surface area contributed by atoms with Gasteiger partial charge < -0.3 is 34.3 Å². The van der Waals surface area contributed by atoms with Crippen molar-refractivity contribution < 1.29 is 26.9 Å². The zero-order chi connectivity index (χ0) is 21.2. The van der Waals surface area contributed by atoms with Crippen molar-refractivity contribution in [2.45, 2.75) is 65.4 Å². The van der Waals surface area contributed by atoms with Gasteiger partial charge in [0.05, 0.1) is 6.10 Å². The van der Waals surface area contributed by atoms with Gasteiger partial charge in [-0.25, -0.2) is 0 Å². The van der Waals surface area contributed by atoms with E-state index in [-0.39, 0.29) is 64.4 Å². The summed E-state index contributed by atoms with van der Waals surface area (Å²) in [6.45, 7) is 10.7. The number of aliphatic hydroxyl groups is 1. The second-order valence-corrected chi connectivity index (χ2v) is 9.83. The Morgan fingerprint density at radius 3 is 1.56 bits per heavy atom. The third-order valence-corrected chi connectivity index (χ3v) is 7.77. The van der Waals surface area contributed by atoms with E-state index in [9.17, 15) is 9.90 Å². The van der Waals surface area contributed by atoms with Crippen LogP contribution in [0, 0.1) is 30.1 Å². The number of hydrogen-bond acceptors (Lipinski definition) is 2. The second kappa shape index (κ2) is 12.7. The summed E-state index contributed by atoms with van der Waals surface area (Å²) in [5.74, 6) is 2.25. The first kappa shape index (κ1) is 31.3. The summed E-state index contributed by atoms with van der Waals surface area (Å²) < 4.78 is 0. The molecule has 0 aromatic heterocycles. The molecule has 2 aromatic carbocycles. The first-order chi connectivity index (χ1) is 13.7. The van der Waals surface area contributed by atoms with Crippen molar-refractivity contribution in [2.24, 2.45) is 22.7 Å². The quantitative estimate of drug-likeness (QED) is 0.367. The number of rotatable bonds is 6. The fourth-order valence-electron chi connectivity index (χ4n) is 4.92. The Bertz CT molecular complexity index is 813. The van der Waals surface area contributed by atoms with Gasteiger partial charge in [-0.2, -0.15) is 0 Å². The molecule has 2 aliphatic rings. The van der Waals surface area contributed by atoms with Crippen molar-refractivity contribution in [2.75, 3.05) is 0 Å². The third kappa shape index (κ3) is 6.91. The van der Waals surface area contributed by atoms with E-state index < -0.39 is 0 Å². The number of aliphatic hydroxyl groups excluding tert-OH is 1. The van der Waals surface area contributed by atoms with Crippen LogP contribution in [-0.4, -0.2) is 40.5 Å². The van der Waals surface area contributed by atoms with Gasteiger partial charge in [0, 0.05) is 5.41 Å². The molecule has 0 aliphatic heterocycles. The molecule has 0 heterocycles. The van der Waals surface area contributed by atoms with Crippen LogP contribution in [0.25, 0.3) is 0 Å². The predicted molar refractivity (Wildman–Crippen MR) is 132 cm³/mol. The van der Waals surface area contributed by atoms with Crippen LogP contribution >= 0.6 is 0 Å². The molecule has 1 unspecified atom stereocenters. The minimum Gasteiger partial charge on any atom is -1.00 e. The van der Waals surface area contributed by atoms with Gasteiger partial charge in [0.1, 0.15) is 6.29 Å². The fraction of sp³-hybridized carbons (Fsp3) is 0.500. The Morgan fingerprint density at radius 1 is 0.844 bits per heavy atom. The molecule has 2 fully saturated rings. The normalized spacial score (nSPS) is 29.8. The minimum atomic E-state index is -0.186. The maximum Gasteiger partial charge on any atom is 2.00 e. The van der Waals surface area contributed by atoms with Crippen molar-refractivity contribution in [1.29, 1.82) is 0 Å². The summed E-state index contributed by atoms with van der Waals surface area (Å²) >= 11 is 0. The van der Waals surface area contributed by atoms with E-state index in [0.717, 1.165) is 19.1 Å². The Morgan fingerprint density at radius 2 is 1.25 bits per heavy atom. The third-order valence-electron chi connectivity index (χ3n) is 7.77. The molecule has 0 radical (unpaired) electrons. The number of carbonyl (C=O) groups is 1. The Labute approximate surface area is 222 Å². The largest absolute Gasteiger partial charge is 2.00 e. The van der Waals surface area contributed by atoms with Gasteiger partial charge in [-0.3, -0.25) is 0 Å². The first-order valence-electron chi connectivity index (χ1n) is 11.0. The SMILES string of the molecule is CC(O)[C@@]1(C)C[C@H]1[C@@H](C)c1ccccc1.C[C@@H](c1ccccc1)[C@@H]1C[C@]1(C)C=O.[Br-].[CH3-].[Mg+2]. The van der Waals surface area contributed by atoms with E-state index in [1.165, 1.54) is 11.1 Å². The maximum atomic E-state index is 10.8. The van der Waals surface area contributed by atoms with Gasteiger partial charge in [-0.05, 0) is 60.0 Å². The van der Waals surface area contributed by atoms with Crippen LogP contribution in [0.1, 0.15) is 70.4 Å². The van der Waals surface area contributed by atoms with Gasteiger partial charge in [-0.1, -0.05) is 88.4 Å². The molecule has 7 atom stereocenters. The van der Waals surface area contributed by atoms with Gasteiger partial charge in [-0.15, -0.1) is 0 Å². The molecule has 2 saturated carbocycles. The molecular formula is C28H39BrMgO2. The molecule has 0 bridgehead atoms. The zero-order valence-corrected chi connectivity index (χ0v) is 23.6. The first-order valence-corrected chi connectivity index (χ1v) is 11.0. The molecule has 0 spiro atoms. The van der Waals surface area contributed by atoms with Crippen LogP contribution < -0.4 is 17.0 Å². The van der Waals surface area contributed by atoms with Crippen molar-refractivity contribution in [3.05, 3.63) is 79.2 Å². The van der Waals surface area contributed by atoms with E-state index >= 15 is 0 Å². The van der Waals surface area contributed by atoms with Gasteiger partial charge in [0.2, 0.25) is 0 Å². The van der Waals surface area contributed by atoms with Crippen molar-refractivity contribution in [1.82, 2.24) is 0 Å². The molecule has 1 N–H and O–H groups in total. The summed E-state index contributed by atoms with van der Waals surface area (Å²) in [4.78, 5) is 10.8. The average molecular weight is 512 g/mol. The summed E-state index contributed by atoms with van der Waals surface area (Å²) in [6.07, 6.45) is 3.14. The van der Waals surface area contributed by atoms with Crippen molar-refractivity contribution in [3.8, 4) is 0 Å². The van der Waals surface area contributed by atoms with Crippen LogP contribution in [-0.2, 0) is 4.79 Å². The number of halogens is 1. The Balaban J connectivity index is 0.000000550. The van der Waals surface area contributed by atoms with Gasteiger partial charge in [0.25, 0.3) is 0 Å². The second-order valence-electron chi connectivity index (χ2n) is 9.83. The molecular weight excluding hydrogens is 473 g/mol. The van der Waals surface area contributed by atoms with Crippen molar-refractivity contribution >= 4 is 29.3 Å². The molecule has 0 saturated heterocycles. The Hall–Kier alpha value is -0.684. The molecule has 4 rings (SSSR count). The minimum absolute atomic E-state index is 0. The van der Waals surface area contributed by atoms with Crippen LogP contribution in [0.3, 0.4) is 0 Å². The number of carbonyl (C=O) groups excluding carboxylic acids is 1. The van der Waals surface area contributed by atoms with E-state index in [4.69, 9.17) is 0 Å². The van der Waals surface area contributed by atoms with Crippen molar-refractivity contribution in [3.63, 3.8) is 0 Å². The van der Waals surface area contributed by atoms with Gasteiger partial charge in [0.15, 0.2) is 0 Å². The van der Waals surface area contributed by atoms with Crippen LogP contribution in [0.4, 0.5) is 0 Å². The van der Waals surface area contributed by atoms with Crippen LogP contribution in [0.15, 0.2) is 60.7 Å². The van der Waals surface area contributed by atoms with E-state index in [1.54, 1.807) is 0 Å². The standard InChI is InChI=1S/C14H20O.C13H16O.CH3.BrH.Mg/c1-10(12-7-5-4-6-8-12)13-9-14(13,3)11(2)15;1-10(11-6-4-3-5-7-11)12-8-13(12,2)9-14;;;/h4-8,10-11,13,15H,9H2,1-3H3;3-7,9-10,12H,8H2,1-2H3;1H3;1H;/q;;-1;;+2/p-1/t10-,11?,13-,14+;10-,12-,13+;;;/m00.../s1. The molecule has 0 amide bonds. The number of aldehydes is 1.